The lowest BCUT2D eigenvalue weighted by Gasteiger charge is -2.42. The molecule has 0 aromatic heterocycles. The number of likely N-dealkylation sites (N-methyl/N-ethyl adjacent to an activating group) is 1. The molecule has 2 heterocycles. The summed E-state index contributed by atoms with van der Waals surface area (Å²) in [6.07, 6.45) is -0.375. The number of amides is 2. The van der Waals surface area contributed by atoms with Gasteiger partial charge >= 0.3 is 0 Å². The third-order valence-corrected chi connectivity index (χ3v) is 5.03. The number of hydrogen-bond donors (Lipinski definition) is 1. The lowest BCUT2D eigenvalue weighted by Crippen LogP contribution is -2.58. The Morgan fingerprint density at radius 1 is 1.24 bits per heavy atom. The zero-order chi connectivity index (χ0) is 18.0. The van der Waals surface area contributed by atoms with Gasteiger partial charge in [-0.15, -0.1) is 0 Å². The number of fused-ring (bicyclic) bond motifs is 1. The molecule has 1 aromatic carbocycles. The molecule has 25 heavy (non-hydrogen) atoms. The molecule has 2 amide bonds. The van der Waals surface area contributed by atoms with Gasteiger partial charge in [0.2, 0.25) is 11.8 Å². The van der Waals surface area contributed by atoms with Gasteiger partial charge in [0.05, 0.1) is 25.2 Å². The van der Waals surface area contributed by atoms with Crippen molar-refractivity contribution in [1.29, 1.82) is 0 Å². The van der Waals surface area contributed by atoms with Crippen LogP contribution >= 0.6 is 0 Å². The van der Waals surface area contributed by atoms with E-state index in [0.29, 0.717) is 18.9 Å². The number of para-hydroxylation sites is 1. The fourth-order valence-electron chi connectivity index (χ4n) is 3.63. The van der Waals surface area contributed by atoms with Gasteiger partial charge < -0.3 is 24.4 Å². The molecule has 7 heteroatoms. The van der Waals surface area contributed by atoms with E-state index in [0.717, 1.165) is 5.56 Å². The van der Waals surface area contributed by atoms with Gasteiger partial charge in [-0.1, -0.05) is 18.2 Å². The van der Waals surface area contributed by atoms with Crippen LogP contribution < -0.4 is 5.32 Å². The Morgan fingerprint density at radius 3 is 2.72 bits per heavy atom. The van der Waals surface area contributed by atoms with Gasteiger partial charge in [-0.3, -0.25) is 9.59 Å². The van der Waals surface area contributed by atoms with Crippen LogP contribution in [-0.4, -0.2) is 69.4 Å². The van der Waals surface area contributed by atoms with Gasteiger partial charge in [-0.25, -0.2) is 0 Å². The number of rotatable bonds is 4. The molecule has 4 atom stereocenters. The van der Waals surface area contributed by atoms with Crippen LogP contribution in [0.1, 0.15) is 17.9 Å². The summed E-state index contributed by atoms with van der Waals surface area (Å²) in [5.74, 6) is -0.770. The first-order valence-electron chi connectivity index (χ1n) is 8.35. The molecule has 7 nitrogen and oxygen atoms in total. The topological polar surface area (TPSA) is 77.1 Å². The molecule has 1 saturated heterocycles. The van der Waals surface area contributed by atoms with Crippen LogP contribution in [0.5, 0.6) is 0 Å². The number of benzene rings is 1. The second-order valence-corrected chi connectivity index (χ2v) is 6.42. The van der Waals surface area contributed by atoms with E-state index in [1.165, 1.54) is 0 Å². The van der Waals surface area contributed by atoms with Gasteiger partial charge in [0.1, 0.15) is 12.2 Å². The average Bonchev–Trinajstić information content (AvgIpc) is 2.65. The van der Waals surface area contributed by atoms with Crippen molar-refractivity contribution in [2.24, 2.45) is 0 Å². The molecule has 0 bridgehead atoms. The van der Waals surface area contributed by atoms with Crippen LogP contribution in [0.15, 0.2) is 24.3 Å². The molecule has 1 aromatic rings. The summed E-state index contributed by atoms with van der Waals surface area (Å²) in [7, 11) is 4.94. The highest BCUT2D eigenvalue weighted by atomic mass is 16.6. The fourth-order valence-corrected chi connectivity index (χ4v) is 3.63. The van der Waals surface area contributed by atoms with Crippen LogP contribution in [0.4, 0.5) is 5.69 Å². The quantitative estimate of drug-likeness (QED) is 0.878. The number of anilines is 1. The molecule has 1 fully saturated rings. The van der Waals surface area contributed by atoms with E-state index >= 15 is 0 Å². The maximum absolute atomic E-state index is 13.2. The van der Waals surface area contributed by atoms with Gasteiger partial charge in [-0.05, 0) is 11.6 Å². The molecule has 0 saturated carbocycles. The minimum Gasteiger partial charge on any atom is -0.376 e. The fraction of sp³-hybridized carbons (Fsp3) is 0.556. The molecule has 3 rings (SSSR count). The van der Waals surface area contributed by atoms with Crippen LogP contribution in [0, 0.1) is 0 Å². The summed E-state index contributed by atoms with van der Waals surface area (Å²) in [5.41, 5.74) is 1.54. The summed E-state index contributed by atoms with van der Waals surface area (Å²) in [6, 6.07) is 7.14. The Bertz CT molecular complexity index is 650. The van der Waals surface area contributed by atoms with Crippen molar-refractivity contribution in [3.05, 3.63) is 29.8 Å². The van der Waals surface area contributed by atoms with E-state index in [9.17, 15) is 9.59 Å². The molecule has 0 spiro atoms. The van der Waals surface area contributed by atoms with Crippen molar-refractivity contribution in [2.75, 3.05) is 39.8 Å². The zero-order valence-corrected chi connectivity index (χ0v) is 14.7. The van der Waals surface area contributed by atoms with Gasteiger partial charge in [0, 0.05) is 33.4 Å². The van der Waals surface area contributed by atoms with Gasteiger partial charge in [-0.2, -0.15) is 0 Å². The number of methoxy groups -OCH3 is 2. The molecule has 2 aliphatic heterocycles. The number of carbonyl (C=O) groups is 2. The van der Waals surface area contributed by atoms with Crippen molar-refractivity contribution in [1.82, 2.24) is 4.90 Å². The minimum absolute atomic E-state index is 0.116. The first-order valence-corrected chi connectivity index (χ1v) is 8.35. The Labute approximate surface area is 147 Å². The maximum atomic E-state index is 13.2. The first kappa shape index (κ1) is 17.8. The maximum Gasteiger partial charge on any atom is 0.230 e. The number of nitrogens with zero attached hydrogens (tertiary/aromatic N) is 1. The predicted molar refractivity (Wildman–Crippen MR) is 91.4 cm³/mol. The highest BCUT2D eigenvalue weighted by Crippen LogP contribution is 2.34. The Hall–Kier alpha value is -1.96. The molecule has 0 aliphatic carbocycles. The summed E-state index contributed by atoms with van der Waals surface area (Å²) in [4.78, 5) is 26.8. The SMILES string of the molecule is CO[C@H]1[C@H](N(C)C(=O)C2CC(=O)Nc3ccccc32)COC[C@H]1OC. The van der Waals surface area contributed by atoms with Crippen molar-refractivity contribution in [2.45, 2.75) is 30.6 Å². The summed E-state index contributed by atoms with van der Waals surface area (Å²) in [5, 5.41) is 2.82. The monoisotopic (exact) mass is 348 g/mol. The largest absolute Gasteiger partial charge is 0.376 e. The lowest BCUT2D eigenvalue weighted by atomic mass is 9.88. The molecule has 2 aliphatic rings. The van der Waals surface area contributed by atoms with E-state index in [4.69, 9.17) is 14.2 Å². The predicted octanol–water partition coefficient (Wildman–Crippen LogP) is 1.000. The number of hydrogen-bond acceptors (Lipinski definition) is 5. The van der Waals surface area contributed by atoms with E-state index < -0.39 is 5.92 Å². The smallest absolute Gasteiger partial charge is 0.230 e. The molecular weight excluding hydrogens is 324 g/mol. The number of nitrogens with one attached hydrogen (secondary N) is 1. The van der Waals surface area contributed by atoms with E-state index in [-0.39, 0.29) is 36.5 Å². The van der Waals surface area contributed by atoms with E-state index in [2.05, 4.69) is 5.32 Å². The second-order valence-electron chi connectivity index (χ2n) is 6.42. The lowest BCUT2D eigenvalue weighted by molar-refractivity contribution is -0.165. The molecular formula is C18H24N2O5. The zero-order valence-electron chi connectivity index (χ0n) is 14.7. The summed E-state index contributed by atoms with van der Waals surface area (Å²) in [6.45, 7) is 0.809. The Kier molecular flexibility index (Phi) is 5.36. The Morgan fingerprint density at radius 2 is 2.00 bits per heavy atom. The highest BCUT2D eigenvalue weighted by molar-refractivity contribution is 6.01. The number of carbonyl (C=O) groups excluding carboxylic acids is 2. The van der Waals surface area contributed by atoms with Crippen molar-refractivity contribution < 1.29 is 23.8 Å². The molecule has 1 unspecified atom stereocenters. The van der Waals surface area contributed by atoms with Crippen molar-refractivity contribution in [3.63, 3.8) is 0 Å². The molecule has 1 N–H and O–H groups in total. The second kappa shape index (κ2) is 7.51. The number of ether oxygens (including phenoxy) is 3. The molecule has 136 valence electrons. The van der Waals surface area contributed by atoms with Crippen LogP contribution in [0.2, 0.25) is 0 Å². The summed E-state index contributed by atoms with van der Waals surface area (Å²) < 4.78 is 16.6. The van der Waals surface area contributed by atoms with E-state index in [1.54, 1.807) is 26.2 Å². The van der Waals surface area contributed by atoms with Crippen molar-refractivity contribution in [3.8, 4) is 0 Å². The third-order valence-electron chi connectivity index (χ3n) is 5.03. The highest BCUT2D eigenvalue weighted by Gasteiger charge is 2.41. The van der Waals surface area contributed by atoms with E-state index in [1.807, 2.05) is 24.3 Å². The Balaban J connectivity index is 1.84. The van der Waals surface area contributed by atoms with Crippen LogP contribution in [0.25, 0.3) is 0 Å². The molecule has 0 radical (unpaired) electrons. The van der Waals surface area contributed by atoms with Crippen LogP contribution in [0.3, 0.4) is 0 Å². The van der Waals surface area contributed by atoms with Crippen LogP contribution in [-0.2, 0) is 23.8 Å². The third kappa shape index (κ3) is 3.40. The summed E-state index contributed by atoms with van der Waals surface area (Å²) >= 11 is 0. The minimum atomic E-state index is -0.504. The normalized spacial score (nSPS) is 28.8. The average molecular weight is 348 g/mol. The van der Waals surface area contributed by atoms with Gasteiger partial charge in [0.25, 0.3) is 0 Å². The van der Waals surface area contributed by atoms with Gasteiger partial charge in [0.15, 0.2) is 0 Å². The standard InChI is InChI=1S/C18H24N2O5/c1-20(14-9-25-10-15(23-2)17(14)24-3)18(22)12-8-16(21)19-13-7-5-4-6-11(12)13/h4-7,12,14-15,17H,8-10H2,1-3H3,(H,19,21)/t12?,14-,15-,17+/m1/s1. The first-order chi connectivity index (χ1) is 12.1. The van der Waals surface area contributed by atoms with Crippen molar-refractivity contribution >= 4 is 17.5 Å².